The molecule has 0 N–H and O–H groups in total. The van der Waals surface area contributed by atoms with E-state index in [0.29, 0.717) is 23.8 Å². The molecule has 0 atom stereocenters. The van der Waals surface area contributed by atoms with Crippen molar-refractivity contribution in [2.75, 3.05) is 25.0 Å². The maximum atomic E-state index is 11.8. The van der Waals surface area contributed by atoms with Crippen LogP contribution in [0.5, 0.6) is 0 Å². The van der Waals surface area contributed by atoms with Crippen molar-refractivity contribution in [3.8, 4) is 0 Å². The summed E-state index contributed by atoms with van der Waals surface area (Å²) in [4.78, 5) is 26.1. The normalized spacial score (nSPS) is 16.9. The molecule has 0 radical (unpaired) electrons. The van der Waals surface area contributed by atoms with Crippen LogP contribution in [0.4, 0.5) is 5.69 Å². The molecule has 1 heterocycles. The van der Waals surface area contributed by atoms with Crippen molar-refractivity contribution in [1.29, 1.82) is 0 Å². The lowest BCUT2D eigenvalue weighted by Crippen LogP contribution is -2.53. The molecule has 0 unspecified atom stereocenters. The van der Waals surface area contributed by atoms with Gasteiger partial charge in [0.15, 0.2) is 0 Å². The Bertz CT molecular complexity index is 447. The van der Waals surface area contributed by atoms with Crippen molar-refractivity contribution in [3.63, 3.8) is 0 Å². The fourth-order valence-electron chi connectivity index (χ4n) is 1.63. The van der Waals surface area contributed by atoms with Gasteiger partial charge in [-0.2, -0.15) is 0 Å². The fraction of sp³-hybridized carbons (Fsp3) is 0.273. The highest BCUT2D eigenvalue weighted by Crippen LogP contribution is 2.26. The first-order valence-corrected chi connectivity index (χ1v) is 5.30. The Morgan fingerprint density at radius 1 is 1.12 bits per heavy atom. The second kappa shape index (κ2) is 4.14. The van der Waals surface area contributed by atoms with E-state index in [4.69, 9.17) is 11.6 Å². The average molecular weight is 239 g/mol. The Morgan fingerprint density at radius 2 is 1.81 bits per heavy atom. The second-order valence-electron chi connectivity index (χ2n) is 3.63. The molecule has 0 saturated carbocycles. The highest BCUT2D eigenvalue weighted by Gasteiger charge is 2.31. The van der Waals surface area contributed by atoms with E-state index in [1.807, 2.05) is 0 Å². The number of para-hydroxylation sites is 1. The van der Waals surface area contributed by atoms with Crippen LogP contribution < -0.4 is 4.90 Å². The molecule has 1 aliphatic rings. The number of hydrogen-bond acceptors (Lipinski definition) is 2. The lowest BCUT2D eigenvalue weighted by atomic mass is 10.2. The van der Waals surface area contributed by atoms with Gasteiger partial charge in [-0.25, -0.2) is 0 Å². The van der Waals surface area contributed by atoms with E-state index in [-0.39, 0.29) is 0 Å². The minimum absolute atomic E-state index is 0.477. The van der Waals surface area contributed by atoms with E-state index in [0.717, 1.165) is 0 Å². The molecule has 0 aliphatic carbocycles. The zero-order valence-electron chi connectivity index (χ0n) is 8.81. The molecule has 2 rings (SSSR count). The fourth-order valence-corrected chi connectivity index (χ4v) is 1.87. The first kappa shape index (κ1) is 11.0. The number of carbonyl (C=O) groups is 2. The average Bonchev–Trinajstić information content (AvgIpc) is 2.28. The Morgan fingerprint density at radius 3 is 2.50 bits per heavy atom. The minimum atomic E-state index is -0.526. The third-order valence-corrected chi connectivity index (χ3v) is 2.90. The quantitative estimate of drug-likeness (QED) is 0.689. The van der Waals surface area contributed by atoms with Crippen LogP contribution in [-0.4, -0.2) is 36.9 Å². The topological polar surface area (TPSA) is 40.6 Å². The summed E-state index contributed by atoms with van der Waals surface area (Å²) in [6.07, 6.45) is 0. The Hall–Kier alpha value is -1.55. The minimum Gasteiger partial charge on any atom is -0.336 e. The van der Waals surface area contributed by atoms with Gasteiger partial charge in [-0.15, -0.1) is 0 Å². The van der Waals surface area contributed by atoms with Gasteiger partial charge in [-0.3, -0.25) is 9.59 Å². The number of benzene rings is 1. The largest absolute Gasteiger partial charge is 0.336 e. The monoisotopic (exact) mass is 238 g/mol. The van der Waals surface area contributed by atoms with Crippen molar-refractivity contribution < 1.29 is 9.59 Å². The van der Waals surface area contributed by atoms with E-state index in [2.05, 4.69) is 0 Å². The van der Waals surface area contributed by atoms with Gasteiger partial charge < -0.3 is 9.80 Å². The lowest BCUT2D eigenvalue weighted by molar-refractivity contribution is -0.145. The zero-order chi connectivity index (χ0) is 11.7. The molecule has 0 spiro atoms. The first-order chi connectivity index (χ1) is 7.61. The number of hydrogen-bond donors (Lipinski definition) is 0. The number of likely N-dealkylation sites (N-methyl/N-ethyl adjacent to an activating group) is 1. The van der Waals surface area contributed by atoms with Gasteiger partial charge in [-0.05, 0) is 12.1 Å². The van der Waals surface area contributed by atoms with Crippen LogP contribution in [0.3, 0.4) is 0 Å². The molecule has 2 amide bonds. The van der Waals surface area contributed by atoms with Gasteiger partial charge in [0.2, 0.25) is 0 Å². The van der Waals surface area contributed by atoms with E-state index in [1.54, 1.807) is 31.3 Å². The van der Waals surface area contributed by atoms with Crippen molar-refractivity contribution in [2.24, 2.45) is 0 Å². The van der Waals surface area contributed by atoms with Crippen LogP contribution in [0.1, 0.15) is 0 Å². The molecule has 84 valence electrons. The number of piperazine rings is 1. The van der Waals surface area contributed by atoms with Gasteiger partial charge >= 0.3 is 11.8 Å². The molecular weight excluding hydrogens is 228 g/mol. The van der Waals surface area contributed by atoms with Crippen LogP contribution in [-0.2, 0) is 9.59 Å². The summed E-state index contributed by atoms with van der Waals surface area (Å²) in [5, 5.41) is 0.480. The number of amides is 2. The Balaban J connectivity index is 2.33. The van der Waals surface area contributed by atoms with Crippen molar-refractivity contribution in [1.82, 2.24) is 4.90 Å². The summed E-state index contributed by atoms with van der Waals surface area (Å²) in [6.45, 7) is 1.00. The van der Waals surface area contributed by atoms with E-state index < -0.39 is 11.8 Å². The summed E-state index contributed by atoms with van der Waals surface area (Å²) in [5.74, 6) is -1.02. The summed E-state index contributed by atoms with van der Waals surface area (Å²) >= 11 is 5.99. The maximum Gasteiger partial charge on any atom is 0.316 e. The molecule has 0 bridgehead atoms. The maximum absolute atomic E-state index is 11.8. The molecule has 16 heavy (non-hydrogen) atoms. The molecule has 1 aromatic rings. The van der Waals surface area contributed by atoms with Crippen molar-refractivity contribution in [3.05, 3.63) is 29.3 Å². The molecule has 4 nitrogen and oxygen atoms in total. The number of carbonyl (C=O) groups excluding carboxylic acids is 2. The first-order valence-electron chi connectivity index (χ1n) is 4.93. The van der Waals surface area contributed by atoms with Gasteiger partial charge in [0.1, 0.15) is 0 Å². The Labute approximate surface area is 98.4 Å². The van der Waals surface area contributed by atoms with Gasteiger partial charge in [0.25, 0.3) is 0 Å². The molecule has 5 heteroatoms. The number of anilines is 1. The predicted molar refractivity (Wildman–Crippen MR) is 61.4 cm³/mol. The summed E-state index contributed by atoms with van der Waals surface area (Å²) in [6, 6.07) is 7.01. The summed E-state index contributed by atoms with van der Waals surface area (Å²) in [5.41, 5.74) is 0.593. The lowest BCUT2D eigenvalue weighted by Gasteiger charge is -2.31. The van der Waals surface area contributed by atoms with Gasteiger partial charge in [0.05, 0.1) is 10.7 Å². The molecule has 1 aromatic carbocycles. The molecule has 1 aliphatic heterocycles. The van der Waals surface area contributed by atoms with Crippen LogP contribution in [0.25, 0.3) is 0 Å². The highest BCUT2D eigenvalue weighted by molar-refractivity contribution is 6.42. The molecular formula is C11H11ClN2O2. The number of rotatable bonds is 1. The van der Waals surface area contributed by atoms with E-state index in [9.17, 15) is 9.59 Å². The zero-order valence-corrected chi connectivity index (χ0v) is 9.57. The van der Waals surface area contributed by atoms with E-state index in [1.165, 1.54) is 9.80 Å². The van der Waals surface area contributed by atoms with Crippen LogP contribution in [0, 0.1) is 0 Å². The standard InChI is InChI=1S/C11H11ClN2O2/c1-13-6-7-14(11(16)10(13)15)9-5-3-2-4-8(9)12/h2-5H,6-7H2,1H3. The van der Waals surface area contributed by atoms with E-state index >= 15 is 0 Å². The third-order valence-electron chi connectivity index (χ3n) is 2.58. The smallest absolute Gasteiger partial charge is 0.316 e. The van der Waals surface area contributed by atoms with Crippen molar-refractivity contribution >= 4 is 29.1 Å². The molecule has 0 aromatic heterocycles. The summed E-state index contributed by atoms with van der Waals surface area (Å²) < 4.78 is 0. The third kappa shape index (κ3) is 1.76. The van der Waals surface area contributed by atoms with Gasteiger partial charge in [-0.1, -0.05) is 23.7 Å². The SMILES string of the molecule is CN1CCN(c2ccccc2Cl)C(=O)C1=O. The molecule has 1 fully saturated rings. The second-order valence-corrected chi connectivity index (χ2v) is 4.04. The van der Waals surface area contributed by atoms with Crippen molar-refractivity contribution in [2.45, 2.75) is 0 Å². The van der Waals surface area contributed by atoms with Gasteiger partial charge in [0, 0.05) is 20.1 Å². The summed E-state index contributed by atoms with van der Waals surface area (Å²) in [7, 11) is 1.62. The van der Waals surface area contributed by atoms with Crippen LogP contribution in [0.15, 0.2) is 24.3 Å². The van der Waals surface area contributed by atoms with Crippen LogP contribution in [0.2, 0.25) is 5.02 Å². The number of nitrogens with zero attached hydrogens (tertiary/aromatic N) is 2. The predicted octanol–water partition coefficient (Wildman–Crippen LogP) is 1.15. The highest BCUT2D eigenvalue weighted by atomic mass is 35.5. The molecule has 1 saturated heterocycles. The Kier molecular flexibility index (Phi) is 2.83. The van der Waals surface area contributed by atoms with Crippen LogP contribution >= 0.6 is 11.6 Å². The number of halogens is 1.